The van der Waals surface area contributed by atoms with Crippen LogP contribution in [0.5, 0.6) is 5.75 Å². The molecule has 0 unspecified atom stereocenters. The van der Waals surface area contributed by atoms with E-state index in [4.69, 9.17) is 14.6 Å². The van der Waals surface area contributed by atoms with Gasteiger partial charge in [0.1, 0.15) is 11.4 Å². The normalized spacial score (nSPS) is 17.6. The third-order valence-corrected chi connectivity index (χ3v) is 7.64. The van der Waals surface area contributed by atoms with Crippen molar-refractivity contribution in [3.05, 3.63) is 35.7 Å². The zero-order valence-corrected chi connectivity index (χ0v) is 20.1. The van der Waals surface area contributed by atoms with Crippen LogP contribution in [0.2, 0.25) is 0 Å². The highest BCUT2D eigenvalue weighted by atomic mass is 32.2. The van der Waals surface area contributed by atoms with Gasteiger partial charge in [0, 0.05) is 19.6 Å². The molecule has 0 spiro atoms. The summed E-state index contributed by atoms with van der Waals surface area (Å²) in [6, 6.07) is 6.56. The number of methoxy groups -OCH3 is 1. The van der Waals surface area contributed by atoms with Gasteiger partial charge in [0.2, 0.25) is 10.0 Å². The molecule has 10 nitrogen and oxygen atoms in total. The van der Waals surface area contributed by atoms with Crippen molar-refractivity contribution < 1.29 is 36.2 Å². The Kier molecular flexibility index (Phi) is 8.72. The molecule has 0 amide bonds. The van der Waals surface area contributed by atoms with Gasteiger partial charge in [-0.2, -0.15) is 17.5 Å². The van der Waals surface area contributed by atoms with Crippen molar-refractivity contribution in [1.29, 1.82) is 0 Å². The van der Waals surface area contributed by atoms with Crippen molar-refractivity contribution in [3.8, 4) is 5.75 Å². The Bertz CT molecular complexity index is 1100. The number of carboxylic acids is 1. The maximum atomic E-state index is 13.2. The fraction of sp³-hybridized carbons (Fsp3) is 0.571. The van der Waals surface area contributed by atoms with Gasteiger partial charge in [-0.05, 0) is 56.6 Å². The number of sulfonamides is 1. The van der Waals surface area contributed by atoms with E-state index in [-0.39, 0.29) is 4.90 Å². The number of hydrogen-bond donors (Lipinski definition) is 1. The monoisotopic (exact) mass is 519 g/mol. The predicted octanol–water partition coefficient (Wildman–Crippen LogP) is 2.50. The summed E-state index contributed by atoms with van der Waals surface area (Å²) in [6.07, 6.45) is -0.665. The average molecular weight is 520 g/mol. The summed E-state index contributed by atoms with van der Waals surface area (Å²) in [5, 5.41) is 15.8. The second-order valence-corrected chi connectivity index (χ2v) is 10.2. The number of nitrogens with zero attached hydrogens (tertiary/aromatic N) is 5. The molecule has 35 heavy (non-hydrogen) atoms. The maximum Gasteiger partial charge on any atom is 0.490 e. The van der Waals surface area contributed by atoms with Crippen molar-refractivity contribution in [1.82, 2.24) is 24.2 Å². The molecule has 0 saturated carbocycles. The minimum Gasteiger partial charge on any atom is -0.497 e. The molecule has 1 N–H and O–H groups in total. The molecule has 1 aromatic heterocycles. The van der Waals surface area contributed by atoms with Crippen molar-refractivity contribution in [3.63, 3.8) is 0 Å². The van der Waals surface area contributed by atoms with Crippen molar-refractivity contribution in [2.24, 2.45) is 0 Å². The second-order valence-electron chi connectivity index (χ2n) is 8.21. The first-order valence-electron chi connectivity index (χ1n) is 11.1. The first kappa shape index (κ1) is 26.9. The van der Waals surface area contributed by atoms with E-state index in [1.807, 2.05) is 4.68 Å². The van der Waals surface area contributed by atoms with Gasteiger partial charge >= 0.3 is 12.1 Å². The van der Waals surface area contributed by atoms with Crippen LogP contribution in [0.25, 0.3) is 0 Å². The molecule has 0 aliphatic carbocycles. The second kappa shape index (κ2) is 11.4. The van der Waals surface area contributed by atoms with Crippen LogP contribution in [0.15, 0.2) is 29.2 Å². The van der Waals surface area contributed by atoms with Crippen LogP contribution < -0.4 is 4.74 Å². The Morgan fingerprint density at radius 3 is 2.26 bits per heavy atom. The number of ether oxygens (including phenoxy) is 1. The van der Waals surface area contributed by atoms with Gasteiger partial charge in [-0.1, -0.05) is 11.6 Å². The van der Waals surface area contributed by atoms with Gasteiger partial charge in [0.05, 0.1) is 24.2 Å². The largest absolute Gasteiger partial charge is 0.497 e. The first-order valence-corrected chi connectivity index (χ1v) is 12.5. The minimum atomic E-state index is -5.08. The Morgan fingerprint density at radius 1 is 1.06 bits per heavy atom. The first-order chi connectivity index (χ1) is 16.5. The molecule has 2 aromatic rings. The summed E-state index contributed by atoms with van der Waals surface area (Å²) >= 11 is 0. The quantitative estimate of drug-likeness (QED) is 0.640. The Balaban J connectivity index is 0.000000429. The summed E-state index contributed by atoms with van der Waals surface area (Å²) in [5.41, 5.74) is 1.82. The van der Waals surface area contributed by atoms with E-state index in [0.717, 1.165) is 37.4 Å². The van der Waals surface area contributed by atoms with E-state index >= 15 is 0 Å². The van der Waals surface area contributed by atoms with Crippen LogP contribution in [0, 0.1) is 0 Å². The summed E-state index contributed by atoms with van der Waals surface area (Å²) in [6.45, 7) is 4.36. The van der Waals surface area contributed by atoms with Crippen molar-refractivity contribution >= 4 is 16.0 Å². The summed E-state index contributed by atoms with van der Waals surface area (Å²) in [7, 11) is -2.02. The number of fused-ring (bicyclic) bond motifs is 1. The molecule has 4 rings (SSSR count). The van der Waals surface area contributed by atoms with Gasteiger partial charge in [-0.25, -0.2) is 17.9 Å². The topological polar surface area (TPSA) is 118 Å². The molecule has 1 fully saturated rings. The van der Waals surface area contributed by atoms with E-state index in [0.29, 0.717) is 25.4 Å². The third-order valence-electron chi connectivity index (χ3n) is 5.78. The molecule has 0 bridgehead atoms. The van der Waals surface area contributed by atoms with Gasteiger partial charge < -0.3 is 9.84 Å². The van der Waals surface area contributed by atoms with Crippen LogP contribution in [0.1, 0.15) is 37.1 Å². The summed E-state index contributed by atoms with van der Waals surface area (Å²) in [4.78, 5) is 11.6. The maximum absolute atomic E-state index is 13.2. The summed E-state index contributed by atoms with van der Waals surface area (Å²) in [5.74, 6) is -2.12. The third kappa shape index (κ3) is 6.92. The highest BCUT2D eigenvalue weighted by Crippen LogP contribution is 2.25. The van der Waals surface area contributed by atoms with Crippen LogP contribution in [0.4, 0.5) is 13.2 Å². The van der Waals surface area contributed by atoms with Gasteiger partial charge in [-0.3, -0.25) is 4.90 Å². The average Bonchev–Trinajstić information content (AvgIpc) is 3.06. The van der Waals surface area contributed by atoms with Crippen molar-refractivity contribution in [2.45, 2.75) is 56.4 Å². The number of hydrogen-bond acceptors (Lipinski definition) is 7. The fourth-order valence-electron chi connectivity index (χ4n) is 3.92. The molecule has 1 saturated heterocycles. The van der Waals surface area contributed by atoms with Crippen LogP contribution in [-0.2, 0) is 34.5 Å². The summed E-state index contributed by atoms with van der Waals surface area (Å²) < 4.78 is 66.7. The van der Waals surface area contributed by atoms with E-state index in [2.05, 4.69) is 15.2 Å². The number of alkyl halides is 3. The van der Waals surface area contributed by atoms with Gasteiger partial charge in [0.15, 0.2) is 0 Å². The number of carbonyl (C=O) groups is 1. The number of piperidine rings is 1. The van der Waals surface area contributed by atoms with Crippen molar-refractivity contribution in [2.75, 3.05) is 26.7 Å². The van der Waals surface area contributed by atoms with Crippen LogP contribution >= 0.6 is 0 Å². The highest BCUT2D eigenvalue weighted by molar-refractivity contribution is 7.89. The smallest absolute Gasteiger partial charge is 0.490 e. The lowest BCUT2D eigenvalue weighted by Gasteiger charge is -2.26. The lowest BCUT2D eigenvalue weighted by atomic mass is 10.1. The van der Waals surface area contributed by atoms with Crippen LogP contribution in [-0.4, -0.2) is 76.6 Å². The number of benzene rings is 1. The van der Waals surface area contributed by atoms with Gasteiger partial charge in [-0.15, -0.1) is 5.10 Å². The number of aryl methyl sites for hydroxylation is 1. The SMILES string of the molecule is COc1ccc(S(=O)(=O)N2CCCn3nnc(CN4CCCCC4)c3C2)cc1.O=C(O)C(F)(F)F. The van der Waals surface area contributed by atoms with E-state index in [1.54, 1.807) is 35.7 Å². The minimum absolute atomic E-state index is 0.284. The molecule has 2 aliphatic heterocycles. The highest BCUT2D eigenvalue weighted by Gasteiger charge is 2.38. The Morgan fingerprint density at radius 2 is 1.69 bits per heavy atom. The molecular weight excluding hydrogens is 491 g/mol. The molecular formula is C21H28F3N5O5S. The molecule has 194 valence electrons. The molecule has 1 aromatic carbocycles. The van der Waals surface area contributed by atoms with Crippen LogP contribution in [0.3, 0.4) is 0 Å². The predicted molar refractivity (Wildman–Crippen MR) is 118 cm³/mol. The molecule has 14 heteroatoms. The fourth-order valence-corrected chi connectivity index (χ4v) is 5.36. The molecule has 0 atom stereocenters. The van der Waals surface area contributed by atoms with E-state index in [1.165, 1.54) is 19.3 Å². The Hall–Kier alpha value is -2.71. The zero-order valence-electron chi connectivity index (χ0n) is 19.2. The van der Waals surface area contributed by atoms with E-state index < -0.39 is 22.2 Å². The number of halogens is 3. The Labute approximate surface area is 201 Å². The standard InChI is InChI=1S/C19H27N5O3S.C2HF3O2/c1-27-16-6-8-17(9-7-16)28(25,26)23-12-5-13-24-19(15-23)18(20-21-24)14-22-10-3-2-4-11-22;3-2(4,5)1(6)7/h6-9H,2-5,10-15H2,1H3;(H,6,7). The molecule has 3 heterocycles. The number of rotatable bonds is 5. The number of aliphatic carboxylic acids is 1. The van der Waals surface area contributed by atoms with Gasteiger partial charge in [0.25, 0.3) is 0 Å². The number of carboxylic acid groups (broad SMARTS) is 1. The lowest BCUT2D eigenvalue weighted by molar-refractivity contribution is -0.192. The number of likely N-dealkylation sites (tertiary alicyclic amines) is 1. The van der Waals surface area contributed by atoms with E-state index in [9.17, 15) is 21.6 Å². The molecule has 0 radical (unpaired) electrons. The zero-order chi connectivity index (χ0) is 25.6. The molecule has 2 aliphatic rings. The number of aromatic nitrogens is 3. The lowest BCUT2D eigenvalue weighted by Crippen LogP contribution is -2.32.